The molecule has 0 amide bonds. The standard InChI is InChI=1S/C11H14N2O2/c14-11(10-8-15-6-5-13-10)7-9-3-1-2-4-12-9/h1-4,10,13H,5-8H2. The molecule has 80 valence electrons. The number of carbonyl (C=O) groups is 1. The lowest BCUT2D eigenvalue weighted by atomic mass is 10.1. The topological polar surface area (TPSA) is 51.2 Å². The maximum absolute atomic E-state index is 11.8. The van der Waals surface area contributed by atoms with Gasteiger partial charge in [0.25, 0.3) is 0 Å². The molecule has 1 saturated heterocycles. The maximum atomic E-state index is 11.8. The SMILES string of the molecule is O=C(Cc1ccccn1)C1COCCN1. The molecule has 15 heavy (non-hydrogen) atoms. The number of morpholine rings is 1. The molecule has 4 nitrogen and oxygen atoms in total. The summed E-state index contributed by atoms with van der Waals surface area (Å²) in [4.78, 5) is 15.9. The first-order valence-corrected chi connectivity index (χ1v) is 5.10. The van der Waals surface area contributed by atoms with Gasteiger partial charge < -0.3 is 10.1 Å². The molecule has 1 N–H and O–H groups in total. The summed E-state index contributed by atoms with van der Waals surface area (Å²) in [5, 5.41) is 3.14. The van der Waals surface area contributed by atoms with Crippen LogP contribution in [0.25, 0.3) is 0 Å². The van der Waals surface area contributed by atoms with Gasteiger partial charge >= 0.3 is 0 Å². The second kappa shape index (κ2) is 5.00. The quantitative estimate of drug-likeness (QED) is 0.766. The van der Waals surface area contributed by atoms with Crippen molar-refractivity contribution in [2.24, 2.45) is 0 Å². The van der Waals surface area contributed by atoms with E-state index in [1.165, 1.54) is 0 Å². The molecule has 2 rings (SSSR count). The number of rotatable bonds is 3. The van der Waals surface area contributed by atoms with Crippen LogP contribution >= 0.6 is 0 Å². The molecule has 2 heterocycles. The van der Waals surface area contributed by atoms with Gasteiger partial charge in [0.05, 0.1) is 25.7 Å². The molecule has 1 atom stereocenters. The first-order chi connectivity index (χ1) is 7.36. The van der Waals surface area contributed by atoms with Gasteiger partial charge in [0.2, 0.25) is 0 Å². The Morgan fingerprint density at radius 1 is 1.60 bits per heavy atom. The van der Waals surface area contributed by atoms with Crippen molar-refractivity contribution in [1.82, 2.24) is 10.3 Å². The lowest BCUT2D eigenvalue weighted by Crippen LogP contribution is -2.47. The van der Waals surface area contributed by atoms with Gasteiger partial charge in [0.1, 0.15) is 0 Å². The first-order valence-electron chi connectivity index (χ1n) is 5.10. The second-order valence-electron chi connectivity index (χ2n) is 3.55. The molecule has 1 aliphatic heterocycles. The summed E-state index contributed by atoms with van der Waals surface area (Å²) in [7, 11) is 0. The molecule has 0 aromatic carbocycles. The normalized spacial score (nSPS) is 21.2. The van der Waals surface area contributed by atoms with E-state index in [1.807, 2.05) is 18.2 Å². The van der Waals surface area contributed by atoms with Gasteiger partial charge in [-0.1, -0.05) is 6.07 Å². The van der Waals surface area contributed by atoms with E-state index in [2.05, 4.69) is 10.3 Å². The number of nitrogens with one attached hydrogen (secondary N) is 1. The minimum absolute atomic E-state index is 0.147. The second-order valence-corrected chi connectivity index (χ2v) is 3.55. The van der Waals surface area contributed by atoms with E-state index in [0.717, 1.165) is 12.2 Å². The van der Waals surface area contributed by atoms with Crippen molar-refractivity contribution >= 4 is 5.78 Å². The molecule has 1 aliphatic rings. The third-order valence-electron chi connectivity index (χ3n) is 2.39. The fourth-order valence-corrected chi connectivity index (χ4v) is 1.58. The first kappa shape index (κ1) is 10.3. The van der Waals surface area contributed by atoms with E-state index in [0.29, 0.717) is 19.6 Å². The number of ketones is 1. The molecular formula is C11H14N2O2. The molecule has 0 radical (unpaired) electrons. The van der Waals surface area contributed by atoms with E-state index < -0.39 is 0 Å². The number of ether oxygens (including phenoxy) is 1. The predicted octanol–water partition coefficient (Wildman–Crippen LogP) is 0.182. The summed E-state index contributed by atoms with van der Waals surface area (Å²) < 4.78 is 5.24. The van der Waals surface area contributed by atoms with Crippen LogP contribution in [0, 0.1) is 0 Å². The van der Waals surface area contributed by atoms with Gasteiger partial charge in [0, 0.05) is 18.4 Å². The smallest absolute Gasteiger partial charge is 0.158 e. The van der Waals surface area contributed by atoms with Crippen molar-refractivity contribution in [2.45, 2.75) is 12.5 Å². The zero-order valence-electron chi connectivity index (χ0n) is 8.48. The number of hydrogen-bond acceptors (Lipinski definition) is 4. The Labute approximate surface area is 88.7 Å². The lowest BCUT2D eigenvalue weighted by molar-refractivity contribution is -0.123. The summed E-state index contributed by atoms with van der Waals surface area (Å²) in [6.45, 7) is 1.91. The Bertz CT molecular complexity index is 321. The van der Waals surface area contributed by atoms with Gasteiger partial charge in [-0.15, -0.1) is 0 Å². The summed E-state index contributed by atoms with van der Waals surface area (Å²) in [5.41, 5.74) is 0.815. The number of nitrogens with zero attached hydrogens (tertiary/aromatic N) is 1. The average Bonchev–Trinajstić information content (AvgIpc) is 2.31. The molecular weight excluding hydrogens is 192 g/mol. The van der Waals surface area contributed by atoms with Crippen LogP contribution in [0.5, 0.6) is 0 Å². The van der Waals surface area contributed by atoms with Crippen molar-refractivity contribution in [2.75, 3.05) is 19.8 Å². The van der Waals surface area contributed by atoms with Crippen molar-refractivity contribution in [3.63, 3.8) is 0 Å². The van der Waals surface area contributed by atoms with E-state index in [4.69, 9.17) is 4.74 Å². The molecule has 1 fully saturated rings. The summed E-state index contributed by atoms with van der Waals surface area (Å²) in [6, 6.07) is 5.43. The van der Waals surface area contributed by atoms with Crippen molar-refractivity contribution in [3.05, 3.63) is 30.1 Å². The molecule has 0 bridgehead atoms. The molecule has 0 spiro atoms. The van der Waals surface area contributed by atoms with Gasteiger partial charge in [0.15, 0.2) is 5.78 Å². The van der Waals surface area contributed by atoms with Crippen molar-refractivity contribution < 1.29 is 9.53 Å². The van der Waals surface area contributed by atoms with Crippen LogP contribution in [0.2, 0.25) is 0 Å². The minimum Gasteiger partial charge on any atom is -0.378 e. The summed E-state index contributed by atoms with van der Waals surface area (Å²) in [6.07, 6.45) is 2.08. The Kier molecular flexibility index (Phi) is 3.42. The predicted molar refractivity (Wildman–Crippen MR) is 55.6 cm³/mol. The van der Waals surface area contributed by atoms with E-state index in [9.17, 15) is 4.79 Å². The molecule has 1 aromatic heterocycles. The Hall–Kier alpha value is -1.26. The van der Waals surface area contributed by atoms with Crippen LogP contribution in [-0.2, 0) is 16.0 Å². The Morgan fingerprint density at radius 2 is 2.53 bits per heavy atom. The van der Waals surface area contributed by atoms with Crippen LogP contribution in [0.15, 0.2) is 24.4 Å². The fourth-order valence-electron chi connectivity index (χ4n) is 1.58. The van der Waals surface area contributed by atoms with Gasteiger partial charge in [-0.25, -0.2) is 0 Å². The Morgan fingerprint density at radius 3 is 3.20 bits per heavy atom. The zero-order valence-corrected chi connectivity index (χ0v) is 8.48. The minimum atomic E-state index is -0.166. The number of pyridine rings is 1. The van der Waals surface area contributed by atoms with Gasteiger partial charge in [-0.05, 0) is 12.1 Å². The average molecular weight is 206 g/mol. The highest BCUT2D eigenvalue weighted by atomic mass is 16.5. The van der Waals surface area contributed by atoms with E-state index in [1.54, 1.807) is 6.20 Å². The zero-order chi connectivity index (χ0) is 10.5. The van der Waals surface area contributed by atoms with Crippen LogP contribution in [0.4, 0.5) is 0 Å². The number of hydrogen-bond donors (Lipinski definition) is 1. The Balaban J connectivity index is 1.91. The number of aromatic nitrogens is 1. The highest BCUT2D eigenvalue weighted by Gasteiger charge is 2.21. The largest absolute Gasteiger partial charge is 0.378 e. The third-order valence-corrected chi connectivity index (χ3v) is 2.39. The van der Waals surface area contributed by atoms with E-state index in [-0.39, 0.29) is 11.8 Å². The van der Waals surface area contributed by atoms with Crippen molar-refractivity contribution in [1.29, 1.82) is 0 Å². The van der Waals surface area contributed by atoms with E-state index >= 15 is 0 Å². The van der Waals surface area contributed by atoms with Crippen LogP contribution in [0.1, 0.15) is 5.69 Å². The lowest BCUT2D eigenvalue weighted by Gasteiger charge is -2.22. The van der Waals surface area contributed by atoms with Gasteiger partial charge in [-0.2, -0.15) is 0 Å². The molecule has 0 saturated carbocycles. The van der Waals surface area contributed by atoms with Crippen molar-refractivity contribution in [3.8, 4) is 0 Å². The van der Waals surface area contributed by atoms with Crippen LogP contribution < -0.4 is 5.32 Å². The monoisotopic (exact) mass is 206 g/mol. The number of Topliss-reactive ketones (excluding diaryl/α,β-unsaturated/α-hetero) is 1. The van der Waals surface area contributed by atoms with Crippen LogP contribution in [0.3, 0.4) is 0 Å². The van der Waals surface area contributed by atoms with Gasteiger partial charge in [-0.3, -0.25) is 9.78 Å². The highest BCUT2D eigenvalue weighted by Crippen LogP contribution is 2.01. The fraction of sp³-hybridized carbons (Fsp3) is 0.455. The highest BCUT2D eigenvalue weighted by molar-refractivity contribution is 5.86. The molecule has 1 unspecified atom stereocenters. The summed E-state index contributed by atoms with van der Waals surface area (Å²) >= 11 is 0. The maximum Gasteiger partial charge on any atom is 0.158 e. The summed E-state index contributed by atoms with van der Waals surface area (Å²) in [5.74, 6) is 0.147. The third kappa shape index (κ3) is 2.84. The molecule has 4 heteroatoms. The van der Waals surface area contributed by atoms with Crippen LogP contribution in [-0.4, -0.2) is 36.6 Å². The molecule has 1 aromatic rings. The number of carbonyl (C=O) groups excluding carboxylic acids is 1. The molecule has 0 aliphatic carbocycles.